The van der Waals surface area contributed by atoms with Crippen LogP contribution in [0.15, 0.2) is 64.6 Å². The van der Waals surface area contributed by atoms with Crippen LogP contribution in [0.3, 0.4) is 0 Å². The predicted octanol–water partition coefficient (Wildman–Crippen LogP) is 7.59. The second-order valence-corrected chi connectivity index (χ2v) is 9.32. The molecule has 0 unspecified atom stereocenters. The standard InChI is InChI=1S/C28H33N3/c1-18-16-19(2)27(20(3)17-18)30-22(5)25-15-11-14-24(31-25)21(4)29-26-13-10-9-12-23(26)28(6,7)8/h9-17H,1-8H3. The summed E-state index contributed by atoms with van der Waals surface area (Å²) < 4.78 is 0. The Morgan fingerprint density at radius 2 is 1.29 bits per heavy atom. The molecule has 0 radical (unpaired) electrons. The van der Waals surface area contributed by atoms with E-state index in [9.17, 15) is 0 Å². The van der Waals surface area contributed by atoms with Gasteiger partial charge < -0.3 is 0 Å². The van der Waals surface area contributed by atoms with Gasteiger partial charge in [0.25, 0.3) is 0 Å². The highest BCUT2D eigenvalue weighted by Crippen LogP contribution is 2.31. The van der Waals surface area contributed by atoms with Crippen molar-refractivity contribution < 1.29 is 0 Å². The van der Waals surface area contributed by atoms with Gasteiger partial charge in [-0.05, 0) is 74.9 Å². The van der Waals surface area contributed by atoms with E-state index < -0.39 is 0 Å². The molecule has 2 aromatic carbocycles. The molecule has 3 heteroatoms. The number of nitrogens with zero attached hydrogens (tertiary/aromatic N) is 3. The Morgan fingerprint density at radius 1 is 0.742 bits per heavy atom. The van der Waals surface area contributed by atoms with Crippen LogP contribution in [0.1, 0.15) is 68.3 Å². The average Bonchev–Trinajstić information content (AvgIpc) is 2.70. The Hall–Kier alpha value is -3.07. The van der Waals surface area contributed by atoms with Gasteiger partial charge in [0.15, 0.2) is 0 Å². The Labute approximate surface area is 187 Å². The van der Waals surface area contributed by atoms with Gasteiger partial charge in [0.1, 0.15) is 0 Å². The number of aryl methyl sites for hydroxylation is 3. The van der Waals surface area contributed by atoms with Crippen LogP contribution in [0.4, 0.5) is 11.4 Å². The number of benzene rings is 2. The van der Waals surface area contributed by atoms with Crippen molar-refractivity contribution in [2.24, 2.45) is 9.98 Å². The van der Waals surface area contributed by atoms with E-state index in [1.807, 2.05) is 38.1 Å². The van der Waals surface area contributed by atoms with Gasteiger partial charge in [-0.1, -0.05) is 62.7 Å². The van der Waals surface area contributed by atoms with E-state index in [-0.39, 0.29) is 5.41 Å². The number of hydrogen-bond acceptors (Lipinski definition) is 3. The van der Waals surface area contributed by atoms with Gasteiger partial charge in [-0.15, -0.1) is 0 Å². The number of rotatable bonds is 4. The van der Waals surface area contributed by atoms with E-state index in [4.69, 9.17) is 15.0 Å². The largest absolute Gasteiger partial charge is 0.251 e. The third-order valence-corrected chi connectivity index (χ3v) is 5.41. The van der Waals surface area contributed by atoms with Crippen LogP contribution in [-0.4, -0.2) is 16.4 Å². The quantitative estimate of drug-likeness (QED) is 0.408. The lowest BCUT2D eigenvalue weighted by Gasteiger charge is -2.21. The molecule has 0 fully saturated rings. The lowest BCUT2D eigenvalue weighted by atomic mass is 9.86. The summed E-state index contributed by atoms with van der Waals surface area (Å²) in [6.07, 6.45) is 0. The summed E-state index contributed by atoms with van der Waals surface area (Å²) >= 11 is 0. The smallest absolute Gasteiger partial charge is 0.0849 e. The maximum absolute atomic E-state index is 4.93. The van der Waals surface area contributed by atoms with Gasteiger partial charge in [0, 0.05) is 0 Å². The fraction of sp³-hybridized carbons (Fsp3) is 0.321. The molecule has 0 saturated heterocycles. The summed E-state index contributed by atoms with van der Waals surface area (Å²) in [7, 11) is 0. The molecular weight excluding hydrogens is 378 g/mol. The molecule has 0 saturated carbocycles. The van der Waals surface area contributed by atoms with Crippen molar-refractivity contribution in [3.05, 3.63) is 88.2 Å². The molecule has 160 valence electrons. The van der Waals surface area contributed by atoms with Crippen LogP contribution < -0.4 is 0 Å². The first-order chi connectivity index (χ1) is 14.6. The van der Waals surface area contributed by atoms with E-state index in [2.05, 4.69) is 71.9 Å². The molecule has 1 heterocycles. The first kappa shape index (κ1) is 22.6. The molecule has 1 aromatic heterocycles. The highest BCUT2D eigenvalue weighted by atomic mass is 14.8. The molecule has 0 aliphatic carbocycles. The zero-order valence-electron chi connectivity index (χ0n) is 20.0. The fourth-order valence-corrected chi connectivity index (χ4v) is 3.85. The molecule has 3 rings (SSSR count). The van der Waals surface area contributed by atoms with Gasteiger partial charge >= 0.3 is 0 Å². The minimum Gasteiger partial charge on any atom is -0.251 e. The lowest BCUT2D eigenvalue weighted by Crippen LogP contribution is -2.11. The molecule has 0 aliphatic heterocycles. The number of pyridine rings is 1. The van der Waals surface area contributed by atoms with Crippen LogP contribution in [0.5, 0.6) is 0 Å². The number of para-hydroxylation sites is 1. The third kappa shape index (κ3) is 5.35. The summed E-state index contributed by atoms with van der Waals surface area (Å²) in [6, 6.07) is 18.7. The van der Waals surface area contributed by atoms with E-state index in [1.54, 1.807) is 0 Å². The number of hydrogen-bond donors (Lipinski definition) is 0. The van der Waals surface area contributed by atoms with Crippen molar-refractivity contribution in [2.75, 3.05) is 0 Å². The highest BCUT2D eigenvalue weighted by molar-refractivity contribution is 6.02. The van der Waals surface area contributed by atoms with Crippen LogP contribution >= 0.6 is 0 Å². The molecule has 0 aliphatic rings. The molecule has 3 nitrogen and oxygen atoms in total. The zero-order chi connectivity index (χ0) is 22.8. The SMILES string of the molecule is CC(=Nc1ccccc1C(C)(C)C)c1cccc(C(C)=Nc2c(C)cc(C)cc2C)n1. The Balaban J connectivity index is 1.98. The zero-order valence-corrected chi connectivity index (χ0v) is 20.0. The van der Waals surface area contributed by atoms with Crippen molar-refractivity contribution >= 4 is 22.8 Å². The Kier molecular flexibility index (Phi) is 6.54. The predicted molar refractivity (Wildman–Crippen MR) is 134 cm³/mol. The van der Waals surface area contributed by atoms with Crippen molar-refractivity contribution in [3.8, 4) is 0 Å². The van der Waals surface area contributed by atoms with Crippen molar-refractivity contribution in [1.82, 2.24) is 4.98 Å². The van der Waals surface area contributed by atoms with Crippen LogP contribution in [0.25, 0.3) is 0 Å². The maximum atomic E-state index is 4.93. The van der Waals surface area contributed by atoms with Crippen molar-refractivity contribution in [3.63, 3.8) is 0 Å². The highest BCUT2D eigenvalue weighted by Gasteiger charge is 2.17. The normalized spacial score (nSPS) is 12.9. The molecule has 0 amide bonds. The molecule has 0 bridgehead atoms. The van der Waals surface area contributed by atoms with E-state index in [0.717, 1.165) is 34.2 Å². The lowest BCUT2D eigenvalue weighted by molar-refractivity contribution is 0.591. The number of aliphatic imine (C=N–C) groups is 2. The monoisotopic (exact) mass is 411 g/mol. The van der Waals surface area contributed by atoms with E-state index in [0.29, 0.717) is 0 Å². The topological polar surface area (TPSA) is 37.6 Å². The number of aromatic nitrogens is 1. The molecule has 3 aromatic rings. The second-order valence-electron chi connectivity index (χ2n) is 9.32. The Morgan fingerprint density at radius 3 is 1.87 bits per heavy atom. The van der Waals surface area contributed by atoms with Gasteiger partial charge in [-0.25, -0.2) is 4.98 Å². The Bertz CT molecular complexity index is 1140. The van der Waals surface area contributed by atoms with E-state index in [1.165, 1.54) is 22.3 Å². The molecule has 31 heavy (non-hydrogen) atoms. The second kappa shape index (κ2) is 8.97. The van der Waals surface area contributed by atoms with E-state index >= 15 is 0 Å². The van der Waals surface area contributed by atoms with Crippen LogP contribution in [0, 0.1) is 20.8 Å². The molecule has 0 N–H and O–H groups in total. The van der Waals surface area contributed by atoms with Gasteiger partial charge in [-0.2, -0.15) is 0 Å². The minimum absolute atomic E-state index is 0.0304. The molecule has 0 atom stereocenters. The first-order valence-electron chi connectivity index (χ1n) is 10.8. The molecule has 0 spiro atoms. The summed E-state index contributed by atoms with van der Waals surface area (Å²) in [5.74, 6) is 0. The van der Waals surface area contributed by atoms with Gasteiger partial charge in [0.05, 0.1) is 34.2 Å². The van der Waals surface area contributed by atoms with Gasteiger partial charge in [0.2, 0.25) is 0 Å². The summed E-state index contributed by atoms with van der Waals surface area (Å²) in [4.78, 5) is 14.7. The summed E-state index contributed by atoms with van der Waals surface area (Å²) in [6.45, 7) is 17.0. The summed E-state index contributed by atoms with van der Waals surface area (Å²) in [5, 5.41) is 0. The van der Waals surface area contributed by atoms with Gasteiger partial charge in [-0.3, -0.25) is 9.98 Å². The van der Waals surface area contributed by atoms with Crippen LogP contribution in [-0.2, 0) is 5.41 Å². The fourth-order valence-electron chi connectivity index (χ4n) is 3.85. The summed E-state index contributed by atoms with van der Waals surface area (Å²) in [5.41, 5.74) is 10.5. The first-order valence-corrected chi connectivity index (χ1v) is 10.8. The third-order valence-electron chi connectivity index (χ3n) is 5.41. The van der Waals surface area contributed by atoms with Crippen molar-refractivity contribution in [2.45, 2.75) is 60.8 Å². The molecular formula is C28H33N3. The van der Waals surface area contributed by atoms with Crippen LogP contribution in [0.2, 0.25) is 0 Å². The minimum atomic E-state index is 0.0304. The van der Waals surface area contributed by atoms with Crippen molar-refractivity contribution in [1.29, 1.82) is 0 Å². The maximum Gasteiger partial charge on any atom is 0.0849 e. The average molecular weight is 412 g/mol.